The van der Waals surface area contributed by atoms with Gasteiger partial charge < -0.3 is 16.0 Å². The van der Waals surface area contributed by atoms with E-state index in [0.29, 0.717) is 31.7 Å². The molecule has 0 heterocycles. The van der Waals surface area contributed by atoms with Crippen LogP contribution in [-0.4, -0.2) is 43.4 Å². The molecule has 3 N–H and O–H groups in total. The summed E-state index contributed by atoms with van der Waals surface area (Å²) in [4.78, 5) is 24.3. The van der Waals surface area contributed by atoms with Gasteiger partial charge in [0, 0.05) is 39.5 Å². The molecule has 1 fully saturated rings. The van der Waals surface area contributed by atoms with Crippen molar-refractivity contribution in [2.75, 3.05) is 20.6 Å². The number of rotatable bonds is 7. The Hall–Kier alpha value is -0.810. The zero-order valence-electron chi connectivity index (χ0n) is 11.1. The summed E-state index contributed by atoms with van der Waals surface area (Å²) in [5.74, 6) is 0.658. The zero-order chi connectivity index (χ0) is 12.8. The molecule has 1 saturated carbocycles. The summed E-state index contributed by atoms with van der Waals surface area (Å²) < 4.78 is 0. The second kappa shape index (κ2) is 8.32. The van der Waals surface area contributed by atoms with Crippen LogP contribution in [0.4, 0.5) is 0 Å². The lowest BCUT2D eigenvalue weighted by Gasteiger charge is -2.12. The standard InChI is InChI=1S/C12H23N3O2.ClH/c1-15(2)12(17)5-3-4-11(16)14-8-10(13)9-6-7-9;/h9-10H,3-8,13H2,1-2H3,(H,14,16);1H. The number of nitrogens with two attached hydrogens (primary N) is 1. The number of carbonyl (C=O) groups excluding carboxylic acids is 2. The average molecular weight is 278 g/mol. The highest BCUT2D eigenvalue weighted by atomic mass is 35.5. The summed E-state index contributed by atoms with van der Waals surface area (Å²) in [5, 5.41) is 2.82. The van der Waals surface area contributed by atoms with Gasteiger partial charge in [0.05, 0.1) is 0 Å². The van der Waals surface area contributed by atoms with E-state index in [-0.39, 0.29) is 30.3 Å². The minimum atomic E-state index is -0.00680. The monoisotopic (exact) mass is 277 g/mol. The van der Waals surface area contributed by atoms with Crippen LogP contribution in [0.25, 0.3) is 0 Å². The van der Waals surface area contributed by atoms with Crippen LogP contribution < -0.4 is 11.1 Å². The Bertz CT molecular complexity index is 280. The van der Waals surface area contributed by atoms with Gasteiger partial charge in [0.25, 0.3) is 0 Å². The number of nitrogens with one attached hydrogen (secondary N) is 1. The summed E-state index contributed by atoms with van der Waals surface area (Å²) in [5.41, 5.74) is 5.87. The summed E-state index contributed by atoms with van der Waals surface area (Å²) >= 11 is 0. The fourth-order valence-electron chi connectivity index (χ4n) is 1.63. The first-order valence-electron chi connectivity index (χ1n) is 6.23. The van der Waals surface area contributed by atoms with Crippen LogP contribution in [0.2, 0.25) is 0 Å². The quantitative estimate of drug-likeness (QED) is 0.712. The predicted molar refractivity (Wildman–Crippen MR) is 73.5 cm³/mol. The smallest absolute Gasteiger partial charge is 0.222 e. The highest BCUT2D eigenvalue weighted by molar-refractivity contribution is 5.85. The molecule has 0 bridgehead atoms. The second-order valence-corrected chi connectivity index (χ2v) is 4.95. The highest BCUT2D eigenvalue weighted by Gasteiger charge is 2.28. The minimum absolute atomic E-state index is 0. The lowest BCUT2D eigenvalue weighted by molar-refractivity contribution is -0.129. The van der Waals surface area contributed by atoms with Crippen molar-refractivity contribution in [2.24, 2.45) is 11.7 Å². The molecule has 0 aromatic heterocycles. The number of halogens is 1. The van der Waals surface area contributed by atoms with Crippen molar-refractivity contribution < 1.29 is 9.59 Å². The molecular formula is C12H24ClN3O2. The Balaban J connectivity index is 0.00000289. The van der Waals surface area contributed by atoms with Crippen LogP contribution >= 0.6 is 12.4 Å². The van der Waals surface area contributed by atoms with Gasteiger partial charge in [-0.05, 0) is 25.2 Å². The van der Waals surface area contributed by atoms with E-state index in [9.17, 15) is 9.59 Å². The molecule has 5 nitrogen and oxygen atoms in total. The van der Waals surface area contributed by atoms with Gasteiger partial charge in [-0.15, -0.1) is 12.4 Å². The van der Waals surface area contributed by atoms with Crippen LogP contribution in [0.3, 0.4) is 0 Å². The van der Waals surface area contributed by atoms with E-state index in [1.807, 2.05) is 0 Å². The molecule has 106 valence electrons. The van der Waals surface area contributed by atoms with E-state index in [1.54, 1.807) is 19.0 Å². The third-order valence-corrected chi connectivity index (χ3v) is 3.06. The molecule has 0 aromatic carbocycles. The highest BCUT2D eigenvalue weighted by Crippen LogP contribution is 2.31. The van der Waals surface area contributed by atoms with E-state index >= 15 is 0 Å². The van der Waals surface area contributed by atoms with Crippen molar-refractivity contribution in [3.63, 3.8) is 0 Å². The number of hydrogen-bond acceptors (Lipinski definition) is 3. The first kappa shape index (κ1) is 17.2. The van der Waals surface area contributed by atoms with Gasteiger partial charge in [-0.3, -0.25) is 9.59 Å². The van der Waals surface area contributed by atoms with Crippen molar-refractivity contribution in [3.05, 3.63) is 0 Å². The molecule has 0 radical (unpaired) electrons. The largest absolute Gasteiger partial charge is 0.355 e. The first-order valence-corrected chi connectivity index (χ1v) is 6.23. The van der Waals surface area contributed by atoms with Crippen LogP contribution in [0.1, 0.15) is 32.1 Å². The van der Waals surface area contributed by atoms with Crippen LogP contribution in [0.5, 0.6) is 0 Å². The Kier molecular flexibility index (Phi) is 7.95. The van der Waals surface area contributed by atoms with Crippen molar-refractivity contribution in [2.45, 2.75) is 38.1 Å². The molecule has 18 heavy (non-hydrogen) atoms. The van der Waals surface area contributed by atoms with Crippen LogP contribution in [0, 0.1) is 5.92 Å². The minimum Gasteiger partial charge on any atom is -0.355 e. The van der Waals surface area contributed by atoms with E-state index in [4.69, 9.17) is 5.73 Å². The van der Waals surface area contributed by atoms with Gasteiger partial charge in [-0.2, -0.15) is 0 Å². The fourth-order valence-corrected chi connectivity index (χ4v) is 1.63. The molecular weight excluding hydrogens is 254 g/mol. The normalized spacial score (nSPS) is 15.5. The van der Waals surface area contributed by atoms with Crippen molar-refractivity contribution >= 4 is 24.2 Å². The third kappa shape index (κ3) is 6.81. The maximum absolute atomic E-state index is 11.5. The fraction of sp³-hybridized carbons (Fsp3) is 0.833. The molecule has 0 aromatic rings. The zero-order valence-corrected chi connectivity index (χ0v) is 12.0. The Morgan fingerprint density at radius 1 is 1.33 bits per heavy atom. The topological polar surface area (TPSA) is 75.4 Å². The van der Waals surface area contributed by atoms with Gasteiger partial charge >= 0.3 is 0 Å². The summed E-state index contributed by atoms with van der Waals surface area (Å²) in [6.45, 7) is 0.561. The van der Waals surface area contributed by atoms with Crippen molar-refractivity contribution in [3.8, 4) is 0 Å². The van der Waals surface area contributed by atoms with Gasteiger partial charge in [-0.25, -0.2) is 0 Å². The number of amides is 2. The second-order valence-electron chi connectivity index (χ2n) is 4.95. The molecule has 6 heteroatoms. The molecule has 1 atom stereocenters. The first-order chi connectivity index (χ1) is 8.00. The molecule has 0 spiro atoms. The molecule has 2 amide bonds. The van der Waals surface area contributed by atoms with Crippen molar-refractivity contribution in [1.29, 1.82) is 0 Å². The average Bonchev–Trinajstić information content (AvgIpc) is 3.09. The molecule has 0 saturated heterocycles. The molecule has 1 rings (SSSR count). The van der Waals surface area contributed by atoms with Gasteiger partial charge in [-0.1, -0.05) is 0 Å². The Morgan fingerprint density at radius 2 is 1.94 bits per heavy atom. The lowest BCUT2D eigenvalue weighted by atomic mass is 10.2. The van der Waals surface area contributed by atoms with Gasteiger partial charge in [0.15, 0.2) is 0 Å². The van der Waals surface area contributed by atoms with Gasteiger partial charge in [0.2, 0.25) is 11.8 Å². The van der Waals surface area contributed by atoms with Crippen LogP contribution in [-0.2, 0) is 9.59 Å². The lowest BCUT2D eigenvalue weighted by Crippen LogP contribution is -2.38. The molecule has 1 unspecified atom stereocenters. The third-order valence-electron chi connectivity index (χ3n) is 3.06. The molecule has 1 aliphatic rings. The summed E-state index contributed by atoms with van der Waals surface area (Å²) in [6.07, 6.45) is 3.80. The SMILES string of the molecule is CN(C)C(=O)CCCC(=O)NCC(N)C1CC1.Cl. The number of carbonyl (C=O) groups is 2. The van der Waals surface area contributed by atoms with E-state index in [2.05, 4.69) is 5.32 Å². The number of hydrogen-bond donors (Lipinski definition) is 2. The maximum Gasteiger partial charge on any atom is 0.222 e. The maximum atomic E-state index is 11.5. The van der Waals surface area contributed by atoms with E-state index < -0.39 is 0 Å². The van der Waals surface area contributed by atoms with Gasteiger partial charge in [0.1, 0.15) is 0 Å². The van der Waals surface area contributed by atoms with Crippen molar-refractivity contribution in [1.82, 2.24) is 10.2 Å². The summed E-state index contributed by atoms with van der Waals surface area (Å²) in [7, 11) is 3.44. The number of nitrogens with zero attached hydrogens (tertiary/aromatic N) is 1. The summed E-state index contributed by atoms with van der Waals surface area (Å²) in [6, 6.07) is 0.0994. The molecule has 0 aliphatic heterocycles. The Morgan fingerprint density at radius 3 is 2.44 bits per heavy atom. The Labute approximate surface area is 115 Å². The predicted octanol–water partition coefficient (Wildman–Crippen LogP) is 0.520. The molecule has 1 aliphatic carbocycles. The van der Waals surface area contributed by atoms with Crippen LogP contribution in [0.15, 0.2) is 0 Å². The van der Waals surface area contributed by atoms with E-state index in [1.165, 1.54) is 12.8 Å². The van der Waals surface area contributed by atoms with E-state index in [0.717, 1.165) is 0 Å².